The molecule has 1 heterocycles. The van der Waals surface area contributed by atoms with Crippen molar-refractivity contribution in [3.8, 4) is 5.75 Å². The number of benzene rings is 1. The lowest BCUT2D eigenvalue weighted by molar-refractivity contribution is 0.404. The van der Waals surface area contributed by atoms with Gasteiger partial charge >= 0.3 is 0 Å². The van der Waals surface area contributed by atoms with Crippen LogP contribution in [0.5, 0.6) is 5.75 Å². The Hall–Kier alpha value is -1.53. The fourth-order valence-corrected chi connectivity index (χ4v) is 2.79. The third-order valence-electron chi connectivity index (χ3n) is 2.60. The number of aryl methyl sites for hydroxylation is 1. The molecule has 0 atom stereocenters. The Kier molecular flexibility index (Phi) is 3.08. The van der Waals surface area contributed by atoms with Gasteiger partial charge in [0.05, 0.1) is 12.6 Å². The molecule has 2 aromatic rings. The second-order valence-corrected chi connectivity index (χ2v) is 6.34. The number of halogens is 1. The Morgan fingerprint density at radius 1 is 1.28 bits per heavy atom. The summed E-state index contributed by atoms with van der Waals surface area (Å²) in [4.78, 5) is 13.8. The van der Waals surface area contributed by atoms with Gasteiger partial charge in [-0.1, -0.05) is 0 Å². The second-order valence-electron chi connectivity index (χ2n) is 3.80. The zero-order valence-electron chi connectivity index (χ0n) is 9.65. The van der Waals surface area contributed by atoms with Crippen molar-refractivity contribution in [1.29, 1.82) is 0 Å². The van der Waals surface area contributed by atoms with E-state index in [1.54, 1.807) is 6.92 Å². The average Bonchev–Trinajstić information content (AvgIpc) is 2.25. The van der Waals surface area contributed by atoms with Crippen molar-refractivity contribution < 1.29 is 13.2 Å². The zero-order valence-corrected chi connectivity index (χ0v) is 11.2. The van der Waals surface area contributed by atoms with Gasteiger partial charge in [-0.25, -0.2) is 8.42 Å². The van der Waals surface area contributed by atoms with E-state index < -0.39 is 9.05 Å². The van der Waals surface area contributed by atoms with Crippen LogP contribution in [-0.2, 0) is 9.05 Å². The van der Waals surface area contributed by atoms with E-state index in [9.17, 15) is 13.2 Å². The summed E-state index contributed by atoms with van der Waals surface area (Å²) in [6.07, 6.45) is 0. The van der Waals surface area contributed by atoms with E-state index in [-0.39, 0.29) is 16.2 Å². The fraction of sp³-hybridized carbons (Fsp3) is 0.182. The molecule has 1 aromatic carbocycles. The topological polar surface area (TPSA) is 76.2 Å². The van der Waals surface area contributed by atoms with Crippen molar-refractivity contribution in [2.75, 3.05) is 7.11 Å². The standard InChI is InChI=1S/C11H10ClNO4S/c1-6-3-11(14)13-8-5-9(17-2)10(4-7(6)8)18(12,15)16/h3-5H,1-2H3,(H,13,14). The number of hydrogen-bond donors (Lipinski definition) is 1. The van der Waals surface area contributed by atoms with Crippen molar-refractivity contribution in [3.05, 3.63) is 34.1 Å². The van der Waals surface area contributed by atoms with Crippen LogP contribution in [-0.4, -0.2) is 20.5 Å². The number of fused-ring (bicyclic) bond motifs is 1. The third-order valence-corrected chi connectivity index (χ3v) is 3.94. The zero-order chi connectivity index (χ0) is 13.5. The monoisotopic (exact) mass is 287 g/mol. The van der Waals surface area contributed by atoms with Gasteiger partial charge in [0.1, 0.15) is 10.6 Å². The molecule has 1 N–H and O–H groups in total. The number of H-pyrrole nitrogens is 1. The molecule has 0 amide bonds. The van der Waals surface area contributed by atoms with Gasteiger partial charge < -0.3 is 9.72 Å². The van der Waals surface area contributed by atoms with Gasteiger partial charge in [0.25, 0.3) is 9.05 Å². The fourth-order valence-electron chi connectivity index (χ4n) is 1.78. The van der Waals surface area contributed by atoms with E-state index >= 15 is 0 Å². The number of pyridine rings is 1. The Morgan fingerprint density at radius 2 is 1.94 bits per heavy atom. The molecule has 0 bridgehead atoms. The lowest BCUT2D eigenvalue weighted by Gasteiger charge is -2.09. The molecule has 0 aliphatic heterocycles. The molecular formula is C11H10ClNO4S. The summed E-state index contributed by atoms with van der Waals surface area (Å²) in [5.41, 5.74) is 0.905. The highest BCUT2D eigenvalue weighted by atomic mass is 35.7. The molecule has 0 fully saturated rings. The molecule has 0 radical (unpaired) electrons. The van der Waals surface area contributed by atoms with Crippen molar-refractivity contribution >= 4 is 30.6 Å². The Labute approximate surface area is 108 Å². The molecule has 0 aliphatic carbocycles. The van der Waals surface area contributed by atoms with Gasteiger partial charge in [-0.3, -0.25) is 4.79 Å². The highest BCUT2D eigenvalue weighted by Gasteiger charge is 2.18. The van der Waals surface area contributed by atoms with Crippen LogP contribution in [0, 0.1) is 6.92 Å². The average molecular weight is 288 g/mol. The van der Waals surface area contributed by atoms with Crippen LogP contribution >= 0.6 is 10.7 Å². The number of rotatable bonds is 2. The SMILES string of the molecule is COc1cc2[nH]c(=O)cc(C)c2cc1S(=O)(=O)Cl. The predicted octanol–water partition coefficient (Wildman–Crippen LogP) is 1.77. The summed E-state index contributed by atoms with van der Waals surface area (Å²) >= 11 is 0. The number of methoxy groups -OCH3 is 1. The Morgan fingerprint density at radius 3 is 2.50 bits per heavy atom. The van der Waals surface area contributed by atoms with Crippen LogP contribution in [0.25, 0.3) is 10.9 Å². The first-order valence-corrected chi connectivity index (χ1v) is 7.30. The van der Waals surface area contributed by atoms with E-state index in [2.05, 4.69) is 4.98 Å². The molecule has 2 rings (SSSR count). The highest BCUT2D eigenvalue weighted by Crippen LogP contribution is 2.31. The maximum atomic E-state index is 11.4. The Balaban J connectivity index is 2.95. The molecule has 7 heteroatoms. The van der Waals surface area contributed by atoms with Gasteiger partial charge in [-0.2, -0.15) is 0 Å². The maximum absolute atomic E-state index is 11.4. The number of aromatic amines is 1. The minimum absolute atomic E-state index is 0.0961. The molecular weight excluding hydrogens is 278 g/mol. The van der Waals surface area contributed by atoms with Crippen molar-refractivity contribution in [2.45, 2.75) is 11.8 Å². The summed E-state index contributed by atoms with van der Waals surface area (Å²) in [6, 6.07) is 4.22. The molecule has 18 heavy (non-hydrogen) atoms. The Bertz CT molecular complexity index is 779. The number of nitrogens with one attached hydrogen (secondary N) is 1. The largest absolute Gasteiger partial charge is 0.495 e. The number of ether oxygens (including phenoxy) is 1. The minimum Gasteiger partial charge on any atom is -0.495 e. The molecule has 0 saturated heterocycles. The van der Waals surface area contributed by atoms with Crippen LogP contribution in [0.1, 0.15) is 5.56 Å². The van der Waals surface area contributed by atoms with Crippen LogP contribution in [0.4, 0.5) is 0 Å². The maximum Gasteiger partial charge on any atom is 0.265 e. The molecule has 0 aliphatic rings. The van der Waals surface area contributed by atoms with Gasteiger partial charge in [-0.05, 0) is 18.6 Å². The lowest BCUT2D eigenvalue weighted by atomic mass is 10.1. The van der Waals surface area contributed by atoms with Crippen LogP contribution in [0.3, 0.4) is 0 Å². The van der Waals surface area contributed by atoms with Crippen LogP contribution < -0.4 is 10.3 Å². The lowest BCUT2D eigenvalue weighted by Crippen LogP contribution is -2.06. The summed E-state index contributed by atoms with van der Waals surface area (Å²) in [6.45, 7) is 1.72. The second kappa shape index (κ2) is 4.29. The first kappa shape index (κ1) is 12.9. The van der Waals surface area contributed by atoms with Gasteiger partial charge in [0.15, 0.2) is 0 Å². The van der Waals surface area contributed by atoms with E-state index in [4.69, 9.17) is 15.4 Å². The smallest absolute Gasteiger partial charge is 0.265 e. The van der Waals surface area contributed by atoms with Gasteiger partial charge in [0.2, 0.25) is 5.56 Å². The normalized spacial score (nSPS) is 11.7. The van der Waals surface area contributed by atoms with E-state index in [1.807, 2.05) is 0 Å². The number of hydrogen-bond acceptors (Lipinski definition) is 4. The highest BCUT2D eigenvalue weighted by molar-refractivity contribution is 8.13. The molecule has 0 spiro atoms. The molecule has 5 nitrogen and oxygen atoms in total. The summed E-state index contributed by atoms with van der Waals surface area (Å²) in [5.74, 6) is 0.0961. The summed E-state index contributed by atoms with van der Waals surface area (Å²) < 4.78 is 27.9. The van der Waals surface area contributed by atoms with Crippen LogP contribution in [0.15, 0.2) is 27.9 Å². The quantitative estimate of drug-likeness (QED) is 0.854. The molecule has 0 saturated carbocycles. The number of aromatic nitrogens is 1. The van der Waals surface area contributed by atoms with Crippen LogP contribution in [0.2, 0.25) is 0 Å². The van der Waals surface area contributed by atoms with Crippen molar-refractivity contribution in [1.82, 2.24) is 4.98 Å². The molecule has 0 unspecified atom stereocenters. The van der Waals surface area contributed by atoms with Gasteiger partial charge in [0, 0.05) is 28.2 Å². The van der Waals surface area contributed by atoms with E-state index in [1.165, 1.54) is 25.3 Å². The molecule has 96 valence electrons. The first-order chi connectivity index (χ1) is 8.32. The predicted molar refractivity (Wildman–Crippen MR) is 68.9 cm³/mol. The first-order valence-electron chi connectivity index (χ1n) is 4.99. The third kappa shape index (κ3) is 2.21. The van der Waals surface area contributed by atoms with Gasteiger partial charge in [-0.15, -0.1) is 0 Å². The van der Waals surface area contributed by atoms with Crippen molar-refractivity contribution in [2.24, 2.45) is 0 Å². The minimum atomic E-state index is -3.91. The van der Waals surface area contributed by atoms with E-state index in [0.717, 1.165) is 0 Å². The summed E-state index contributed by atoms with van der Waals surface area (Å²) in [5, 5.41) is 0.606. The molecule has 1 aromatic heterocycles. The van der Waals surface area contributed by atoms with E-state index in [0.29, 0.717) is 16.5 Å². The summed E-state index contributed by atoms with van der Waals surface area (Å²) in [7, 11) is 2.77. The van der Waals surface area contributed by atoms with Crippen molar-refractivity contribution in [3.63, 3.8) is 0 Å².